The third kappa shape index (κ3) is 5.62. The number of hydrogen-bond donors (Lipinski definition) is 2. The Morgan fingerprint density at radius 1 is 1.03 bits per heavy atom. The highest BCUT2D eigenvalue weighted by Gasteiger charge is 2.27. The molecule has 0 radical (unpaired) electrons. The van der Waals surface area contributed by atoms with Crippen LogP contribution in [0.2, 0.25) is 0 Å². The van der Waals surface area contributed by atoms with E-state index in [2.05, 4.69) is 45.1 Å². The third-order valence-corrected chi connectivity index (χ3v) is 8.51. The molecule has 34 heavy (non-hydrogen) atoms. The summed E-state index contributed by atoms with van der Waals surface area (Å²) in [5, 5.41) is 2.70. The number of piperidine rings is 1. The second-order valence-corrected chi connectivity index (χ2v) is 11.3. The van der Waals surface area contributed by atoms with E-state index in [1.54, 1.807) is 25.1 Å². The summed E-state index contributed by atoms with van der Waals surface area (Å²) in [7, 11) is -1.57. The number of fused-ring (bicyclic) bond motifs is 1. The van der Waals surface area contributed by atoms with Crippen LogP contribution in [0.5, 0.6) is 0 Å². The Morgan fingerprint density at radius 3 is 2.50 bits per heavy atom. The molecule has 2 aromatic carbocycles. The predicted molar refractivity (Wildman–Crippen MR) is 137 cm³/mol. The van der Waals surface area contributed by atoms with Crippen molar-refractivity contribution in [1.82, 2.24) is 9.62 Å². The van der Waals surface area contributed by atoms with E-state index in [4.69, 9.17) is 0 Å². The van der Waals surface area contributed by atoms with Gasteiger partial charge in [0, 0.05) is 44.5 Å². The van der Waals surface area contributed by atoms with E-state index < -0.39 is 10.0 Å². The Balaban J connectivity index is 1.57. The van der Waals surface area contributed by atoms with Gasteiger partial charge in [-0.1, -0.05) is 18.6 Å². The summed E-state index contributed by atoms with van der Waals surface area (Å²) in [5.74, 6) is -0.186. The van der Waals surface area contributed by atoms with Crippen molar-refractivity contribution in [1.29, 1.82) is 0 Å². The number of sulfonamides is 1. The molecule has 1 saturated heterocycles. The van der Waals surface area contributed by atoms with E-state index in [-0.39, 0.29) is 16.8 Å². The maximum Gasteiger partial charge on any atom is 0.240 e. The first-order valence-corrected chi connectivity index (χ1v) is 13.7. The van der Waals surface area contributed by atoms with Crippen molar-refractivity contribution in [2.24, 2.45) is 0 Å². The highest BCUT2D eigenvalue weighted by Crippen LogP contribution is 2.32. The number of nitrogens with one attached hydrogen (secondary N) is 2. The fourth-order valence-corrected chi connectivity index (χ4v) is 6.46. The fourth-order valence-electron chi connectivity index (χ4n) is 5.20. The van der Waals surface area contributed by atoms with E-state index in [0.717, 1.165) is 45.3 Å². The zero-order valence-electron chi connectivity index (χ0n) is 20.4. The summed E-state index contributed by atoms with van der Waals surface area (Å²) < 4.78 is 29.4. The summed E-state index contributed by atoms with van der Waals surface area (Å²) in [6.45, 7) is 6.54. The van der Waals surface area contributed by atoms with Gasteiger partial charge in [0.25, 0.3) is 0 Å². The van der Waals surface area contributed by atoms with Gasteiger partial charge in [-0.15, -0.1) is 0 Å². The van der Waals surface area contributed by atoms with Gasteiger partial charge in [0.1, 0.15) is 0 Å². The largest absolute Gasteiger partial charge is 0.374 e. The minimum Gasteiger partial charge on any atom is -0.374 e. The van der Waals surface area contributed by atoms with Gasteiger partial charge in [0.2, 0.25) is 15.9 Å². The number of carbonyl (C=O) groups is 1. The van der Waals surface area contributed by atoms with Crippen molar-refractivity contribution in [3.63, 3.8) is 0 Å². The molecule has 2 aliphatic heterocycles. The maximum atomic E-state index is 13.3. The van der Waals surface area contributed by atoms with E-state index in [1.165, 1.54) is 30.2 Å². The zero-order valence-corrected chi connectivity index (χ0v) is 21.2. The lowest BCUT2D eigenvalue weighted by atomic mass is 9.95. The van der Waals surface area contributed by atoms with Crippen molar-refractivity contribution >= 4 is 27.3 Å². The molecule has 2 aliphatic rings. The van der Waals surface area contributed by atoms with Crippen LogP contribution >= 0.6 is 0 Å². The van der Waals surface area contributed by atoms with Gasteiger partial charge in [-0.25, -0.2) is 13.1 Å². The standard InChI is InChI=1S/C26H36N4O3S/c1-19-16-23(28-20(2)31)10-12-26(19)34(32,33)27-18-25(30-14-5-4-6-15-30)22-9-11-24-21(17-22)8-7-13-29(24)3/h9-12,16-17,25,27H,4-8,13-15,18H2,1-3H3,(H,28,31)/t25-/m1/s1. The molecule has 1 amide bonds. The summed E-state index contributed by atoms with van der Waals surface area (Å²) >= 11 is 0. The molecular formula is C26H36N4O3S. The molecule has 4 rings (SSSR count). The molecular weight excluding hydrogens is 448 g/mol. The molecule has 2 heterocycles. The van der Waals surface area contributed by atoms with E-state index in [1.807, 2.05) is 0 Å². The first-order valence-electron chi connectivity index (χ1n) is 12.2. The summed E-state index contributed by atoms with van der Waals surface area (Å²) in [4.78, 5) is 16.3. The fraction of sp³-hybridized carbons (Fsp3) is 0.500. The van der Waals surface area contributed by atoms with Crippen LogP contribution in [0.3, 0.4) is 0 Å². The van der Waals surface area contributed by atoms with Crippen LogP contribution in [-0.2, 0) is 21.2 Å². The number of carbonyl (C=O) groups excluding carboxylic acids is 1. The number of anilines is 2. The summed E-state index contributed by atoms with van der Waals surface area (Å²) in [6.07, 6.45) is 5.71. The Labute approximate surface area is 203 Å². The molecule has 2 N–H and O–H groups in total. The van der Waals surface area contributed by atoms with Crippen LogP contribution in [0.4, 0.5) is 11.4 Å². The van der Waals surface area contributed by atoms with E-state index in [0.29, 0.717) is 17.8 Å². The van der Waals surface area contributed by atoms with Gasteiger partial charge in [-0.3, -0.25) is 9.69 Å². The number of amides is 1. The minimum absolute atomic E-state index is 0.00781. The van der Waals surface area contributed by atoms with Crippen molar-refractivity contribution in [3.05, 3.63) is 53.1 Å². The van der Waals surface area contributed by atoms with Crippen LogP contribution in [0.15, 0.2) is 41.3 Å². The van der Waals surface area contributed by atoms with Crippen LogP contribution in [0.25, 0.3) is 0 Å². The molecule has 0 saturated carbocycles. The monoisotopic (exact) mass is 484 g/mol. The molecule has 2 aromatic rings. The van der Waals surface area contributed by atoms with Gasteiger partial charge in [0.05, 0.1) is 4.90 Å². The number of likely N-dealkylation sites (tertiary alicyclic amines) is 1. The number of nitrogens with zero attached hydrogens (tertiary/aromatic N) is 2. The van der Waals surface area contributed by atoms with Crippen molar-refractivity contribution in [3.8, 4) is 0 Å². The second kappa shape index (κ2) is 10.5. The SMILES string of the molecule is CC(=O)Nc1ccc(S(=O)(=O)NC[C@H](c2ccc3c(c2)CCCN3C)N2CCCCC2)c(C)c1. The minimum atomic E-state index is -3.70. The van der Waals surface area contributed by atoms with Gasteiger partial charge in [-0.05, 0) is 86.7 Å². The second-order valence-electron chi connectivity index (χ2n) is 9.54. The first kappa shape index (κ1) is 24.7. The number of hydrogen-bond acceptors (Lipinski definition) is 5. The van der Waals surface area contributed by atoms with Crippen molar-refractivity contribution in [2.75, 3.05) is 43.4 Å². The molecule has 1 atom stereocenters. The highest BCUT2D eigenvalue weighted by atomic mass is 32.2. The quantitative estimate of drug-likeness (QED) is 0.624. The van der Waals surface area contributed by atoms with Crippen LogP contribution in [0.1, 0.15) is 55.3 Å². The van der Waals surface area contributed by atoms with Crippen LogP contribution < -0.4 is 14.9 Å². The van der Waals surface area contributed by atoms with Gasteiger partial charge >= 0.3 is 0 Å². The lowest BCUT2D eigenvalue weighted by Crippen LogP contribution is -2.40. The lowest BCUT2D eigenvalue weighted by molar-refractivity contribution is -0.114. The van der Waals surface area contributed by atoms with E-state index >= 15 is 0 Å². The third-order valence-electron chi connectivity index (χ3n) is 6.92. The molecule has 1 fully saturated rings. The van der Waals surface area contributed by atoms with Crippen LogP contribution in [0, 0.1) is 6.92 Å². The molecule has 8 heteroatoms. The average Bonchev–Trinajstić information content (AvgIpc) is 2.79. The lowest BCUT2D eigenvalue weighted by Gasteiger charge is -2.36. The molecule has 0 unspecified atom stereocenters. The van der Waals surface area contributed by atoms with Gasteiger partial charge in [-0.2, -0.15) is 0 Å². The predicted octanol–water partition coefficient (Wildman–Crippen LogP) is 3.84. The Hall–Kier alpha value is -2.42. The molecule has 184 valence electrons. The van der Waals surface area contributed by atoms with Crippen molar-refractivity contribution < 1.29 is 13.2 Å². The molecule has 0 aromatic heterocycles. The maximum absolute atomic E-state index is 13.3. The first-order chi connectivity index (χ1) is 16.2. The normalized spacial score (nSPS) is 17.8. The Morgan fingerprint density at radius 2 is 1.79 bits per heavy atom. The molecule has 0 bridgehead atoms. The average molecular weight is 485 g/mol. The topological polar surface area (TPSA) is 81.7 Å². The number of benzene rings is 2. The Bertz CT molecular complexity index is 1140. The smallest absolute Gasteiger partial charge is 0.240 e. The highest BCUT2D eigenvalue weighted by molar-refractivity contribution is 7.89. The molecule has 0 aliphatic carbocycles. The summed E-state index contributed by atoms with van der Waals surface area (Å²) in [5.41, 5.74) is 5.00. The van der Waals surface area contributed by atoms with Crippen LogP contribution in [-0.4, -0.2) is 52.5 Å². The number of aryl methyl sites for hydroxylation is 2. The number of rotatable bonds is 7. The molecule has 7 nitrogen and oxygen atoms in total. The summed E-state index contributed by atoms with van der Waals surface area (Å²) in [6, 6.07) is 11.5. The zero-order chi connectivity index (χ0) is 24.3. The van der Waals surface area contributed by atoms with Gasteiger partial charge in [0.15, 0.2) is 0 Å². The van der Waals surface area contributed by atoms with Crippen molar-refractivity contribution in [2.45, 2.75) is 56.9 Å². The van der Waals surface area contributed by atoms with Gasteiger partial charge < -0.3 is 10.2 Å². The Kier molecular flexibility index (Phi) is 7.60. The molecule has 0 spiro atoms. The van der Waals surface area contributed by atoms with E-state index in [9.17, 15) is 13.2 Å².